The smallest absolute Gasteiger partial charge is 0.338 e. The summed E-state index contributed by atoms with van der Waals surface area (Å²) in [6.07, 6.45) is 1.03. The Balaban J connectivity index is 1.92. The van der Waals surface area contributed by atoms with Gasteiger partial charge in [-0.25, -0.2) is 4.79 Å². The SMILES string of the molecule is CCc1ccc(COC(=O)c2ccccc2)s1. The highest BCUT2D eigenvalue weighted by Crippen LogP contribution is 2.18. The Hall–Kier alpha value is -1.61. The van der Waals surface area contributed by atoms with Gasteiger partial charge in [-0.1, -0.05) is 25.1 Å². The molecule has 0 aliphatic heterocycles. The molecule has 1 aromatic carbocycles. The Kier molecular flexibility index (Phi) is 3.94. The van der Waals surface area contributed by atoms with Crippen molar-refractivity contribution in [3.8, 4) is 0 Å². The van der Waals surface area contributed by atoms with Crippen molar-refractivity contribution >= 4 is 17.3 Å². The molecule has 1 heterocycles. The molecule has 2 rings (SSSR count). The molecule has 0 saturated carbocycles. The fourth-order valence-corrected chi connectivity index (χ4v) is 2.36. The minimum Gasteiger partial charge on any atom is -0.456 e. The molecule has 0 bridgehead atoms. The van der Waals surface area contributed by atoms with Crippen LogP contribution in [0.2, 0.25) is 0 Å². The zero-order valence-electron chi connectivity index (χ0n) is 9.68. The minimum absolute atomic E-state index is 0.267. The molecular formula is C14H14O2S. The van der Waals surface area contributed by atoms with Gasteiger partial charge < -0.3 is 4.74 Å². The van der Waals surface area contributed by atoms with Crippen LogP contribution >= 0.6 is 11.3 Å². The van der Waals surface area contributed by atoms with Crippen LogP contribution in [0.5, 0.6) is 0 Å². The Morgan fingerprint density at radius 1 is 1.12 bits per heavy atom. The number of rotatable bonds is 4. The zero-order chi connectivity index (χ0) is 12.1. The van der Waals surface area contributed by atoms with E-state index < -0.39 is 0 Å². The lowest BCUT2D eigenvalue weighted by Gasteiger charge is -2.02. The Morgan fingerprint density at radius 3 is 2.47 bits per heavy atom. The van der Waals surface area contributed by atoms with Gasteiger partial charge in [0.2, 0.25) is 0 Å². The number of esters is 1. The average molecular weight is 246 g/mol. The summed E-state index contributed by atoms with van der Waals surface area (Å²) in [5.41, 5.74) is 0.597. The Morgan fingerprint density at radius 2 is 1.82 bits per heavy atom. The normalized spacial score (nSPS) is 10.2. The van der Waals surface area contributed by atoms with Crippen molar-refractivity contribution in [3.63, 3.8) is 0 Å². The summed E-state index contributed by atoms with van der Waals surface area (Å²) in [6.45, 7) is 2.48. The average Bonchev–Trinajstić information content (AvgIpc) is 2.85. The number of hydrogen-bond donors (Lipinski definition) is 0. The van der Waals surface area contributed by atoms with E-state index in [-0.39, 0.29) is 5.97 Å². The van der Waals surface area contributed by atoms with Gasteiger partial charge in [-0.2, -0.15) is 0 Å². The number of thiophene rings is 1. The first-order chi connectivity index (χ1) is 8.29. The molecule has 1 aromatic heterocycles. The molecule has 0 saturated heterocycles. The summed E-state index contributed by atoms with van der Waals surface area (Å²) < 4.78 is 5.24. The standard InChI is InChI=1S/C14H14O2S/c1-2-12-8-9-13(17-12)10-16-14(15)11-6-4-3-5-7-11/h3-9H,2,10H2,1H3. The number of benzene rings is 1. The first-order valence-electron chi connectivity index (χ1n) is 5.59. The molecule has 0 N–H and O–H groups in total. The minimum atomic E-state index is -0.267. The topological polar surface area (TPSA) is 26.3 Å². The summed E-state index contributed by atoms with van der Waals surface area (Å²) in [4.78, 5) is 14.1. The molecular weight excluding hydrogens is 232 g/mol. The second kappa shape index (κ2) is 5.64. The van der Waals surface area contributed by atoms with Crippen LogP contribution in [0.4, 0.5) is 0 Å². The quantitative estimate of drug-likeness (QED) is 0.769. The van der Waals surface area contributed by atoms with Crippen molar-refractivity contribution in [2.45, 2.75) is 20.0 Å². The molecule has 2 aromatic rings. The molecule has 88 valence electrons. The van der Waals surface area contributed by atoms with Gasteiger partial charge in [0.15, 0.2) is 0 Å². The van der Waals surface area contributed by atoms with E-state index in [1.54, 1.807) is 23.5 Å². The van der Waals surface area contributed by atoms with Gasteiger partial charge in [0.05, 0.1) is 5.56 Å². The van der Waals surface area contributed by atoms with E-state index in [2.05, 4.69) is 13.0 Å². The first-order valence-corrected chi connectivity index (χ1v) is 6.41. The summed E-state index contributed by atoms with van der Waals surface area (Å²) in [5, 5.41) is 0. The van der Waals surface area contributed by atoms with Crippen molar-refractivity contribution in [1.82, 2.24) is 0 Å². The highest BCUT2D eigenvalue weighted by atomic mass is 32.1. The summed E-state index contributed by atoms with van der Waals surface area (Å²) in [6, 6.07) is 13.2. The monoisotopic (exact) mass is 246 g/mol. The number of aryl methyl sites for hydroxylation is 1. The van der Waals surface area contributed by atoms with Crippen molar-refractivity contribution in [2.24, 2.45) is 0 Å². The number of ether oxygens (including phenoxy) is 1. The Bertz CT molecular complexity index is 488. The van der Waals surface area contributed by atoms with Crippen LogP contribution in [0.3, 0.4) is 0 Å². The maximum atomic E-state index is 11.7. The molecule has 0 unspecified atom stereocenters. The third kappa shape index (κ3) is 3.17. The van der Waals surface area contributed by atoms with E-state index >= 15 is 0 Å². The number of carbonyl (C=O) groups is 1. The third-order valence-corrected chi connectivity index (χ3v) is 3.62. The van der Waals surface area contributed by atoms with Crippen LogP contribution in [-0.4, -0.2) is 5.97 Å². The summed E-state index contributed by atoms with van der Waals surface area (Å²) in [5.74, 6) is -0.267. The number of carbonyl (C=O) groups excluding carboxylic acids is 1. The Labute approximate surface area is 105 Å². The second-order valence-corrected chi connectivity index (χ2v) is 4.92. The highest BCUT2D eigenvalue weighted by molar-refractivity contribution is 7.11. The van der Waals surface area contributed by atoms with E-state index in [9.17, 15) is 4.79 Å². The molecule has 0 atom stereocenters. The van der Waals surface area contributed by atoms with Crippen LogP contribution < -0.4 is 0 Å². The summed E-state index contributed by atoms with van der Waals surface area (Å²) in [7, 11) is 0. The molecule has 0 amide bonds. The molecule has 0 aliphatic rings. The van der Waals surface area contributed by atoms with Crippen LogP contribution in [0, 0.1) is 0 Å². The zero-order valence-corrected chi connectivity index (χ0v) is 10.5. The van der Waals surface area contributed by atoms with E-state index in [4.69, 9.17) is 4.74 Å². The van der Waals surface area contributed by atoms with Crippen molar-refractivity contribution in [1.29, 1.82) is 0 Å². The molecule has 0 fully saturated rings. The third-order valence-electron chi connectivity index (χ3n) is 2.42. The second-order valence-electron chi connectivity index (χ2n) is 3.66. The maximum Gasteiger partial charge on any atom is 0.338 e. The van der Waals surface area contributed by atoms with Crippen LogP contribution in [0.15, 0.2) is 42.5 Å². The predicted octanol–water partition coefficient (Wildman–Crippen LogP) is 3.67. The maximum absolute atomic E-state index is 11.7. The van der Waals surface area contributed by atoms with Crippen molar-refractivity contribution in [2.75, 3.05) is 0 Å². The van der Waals surface area contributed by atoms with Gasteiger partial charge in [-0.15, -0.1) is 11.3 Å². The van der Waals surface area contributed by atoms with Crippen LogP contribution in [-0.2, 0) is 17.8 Å². The van der Waals surface area contributed by atoms with E-state index in [0.717, 1.165) is 11.3 Å². The van der Waals surface area contributed by atoms with Crippen molar-refractivity contribution in [3.05, 3.63) is 57.8 Å². The predicted molar refractivity (Wildman–Crippen MR) is 69.3 cm³/mol. The van der Waals surface area contributed by atoms with E-state index in [1.807, 2.05) is 24.3 Å². The molecule has 17 heavy (non-hydrogen) atoms. The molecule has 2 nitrogen and oxygen atoms in total. The van der Waals surface area contributed by atoms with E-state index in [0.29, 0.717) is 12.2 Å². The lowest BCUT2D eigenvalue weighted by molar-refractivity contribution is 0.0477. The van der Waals surface area contributed by atoms with Gasteiger partial charge in [0.25, 0.3) is 0 Å². The van der Waals surface area contributed by atoms with Gasteiger partial charge >= 0.3 is 5.97 Å². The molecule has 0 radical (unpaired) electrons. The van der Waals surface area contributed by atoms with Gasteiger partial charge in [-0.3, -0.25) is 0 Å². The van der Waals surface area contributed by atoms with Crippen LogP contribution in [0.25, 0.3) is 0 Å². The molecule has 3 heteroatoms. The van der Waals surface area contributed by atoms with Gasteiger partial charge in [-0.05, 0) is 30.7 Å². The van der Waals surface area contributed by atoms with Gasteiger partial charge in [0.1, 0.15) is 6.61 Å². The lowest BCUT2D eigenvalue weighted by atomic mass is 10.2. The highest BCUT2D eigenvalue weighted by Gasteiger charge is 2.07. The molecule has 0 spiro atoms. The van der Waals surface area contributed by atoms with Crippen molar-refractivity contribution < 1.29 is 9.53 Å². The van der Waals surface area contributed by atoms with Crippen LogP contribution in [0.1, 0.15) is 27.0 Å². The lowest BCUT2D eigenvalue weighted by Crippen LogP contribution is -2.03. The summed E-state index contributed by atoms with van der Waals surface area (Å²) >= 11 is 1.69. The fraction of sp³-hybridized carbons (Fsp3) is 0.214. The number of hydrogen-bond acceptors (Lipinski definition) is 3. The largest absolute Gasteiger partial charge is 0.456 e. The molecule has 0 aliphatic carbocycles. The van der Waals surface area contributed by atoms with Gasteiger partial charge in [0, 0.05) is 9.75 Å². The fourth-order valence-electron chi connectivity index (χ4n) is 1.48. The van der Waals surface area contributed by atoms with E-state index in [1.165, 1.54) is 4.88 Å². The first kappa shape index (κ1) is 11.9.